The van der Waals surface area contributed by atoms with Crippen LogP contribution in [0, 0.1) is 0 Å². The molecule has 6 nitrogen and oxygen atoms in total. The summed E-state index contributed by atoms with van der Waals surface area (Å²) in [5.41, 5.74) is 0.972. The molecule has 2 N–H and O–H groups in total. The highest BCUT2D eigenvalue weighted by atomic mass is 16.5. The SMILES string of the molecule is O=C(O)c1c[nH]c2ccc(CN3CCOCC3)cc2c1=O. The van der Waals surface area contributed by atoms with E-state index in [1.54, 1.807) is 6.07 Å². The van der Waals surface area contributed by atoms with E-state index >= 15 is 0 Å². The number of carbonyl (C=O) groups is 1. The highest BCUT2D eigenvalue weighted by molar-refractivity contribution is 5.92. The molecular weight excluding hydrogens is 272 g/mol. The number of carboxylic acids is 1. The maximum Gasteiger partial charge on any atom is 0.341 e. The lowest BCUT2D eigenvalue weighted by Crippen LogP contribution is -2.35. The number of aromatic amines is 1. The third-order valence-electron chi connectivity index (χ3n) is 3.69. The Morgan fingerprint density at radius 2 is 2.10 bits per heavy atom. The predicted octanol–water partition coefficient (Wildman–Crippen LogP) is 1.06. The van der Waals surface area contributed by atoms with Crippen molar-refractivity contribution in [2.45, 2.75) is 6.54 Å². The van der Waals surface area contributed by atoms with Gasteiger partial charge in [-0.1, -0.05) is 6.07 Å². The zero-order valence-electron chi connectivity index (χ0n) is 11.5. The number of hydrogen-bond donors (Lipinski definition) is 2. The van der Waals surface area contributed by atoms with Gasteiger partial charge in [0.15, 0.2) is 0 Å². The molecule has 110 valence electrons. The maximum atomic E-state index is 12.2. The van der Waals surface area contributed by atoms with E-state index in [1.807, 2.05) is 12.1 Å². The number of fused-ring (bicyclic) bond motifs is 1. The van der Waals surface area contributed by atoms with Gasteiger partial charge >= 0.3 is 5.97 Å². The summed E-state index contributed by atoms with van der Waals surface area (Å²) in [6.45, 7) is 3.90. The first-order valence-electron chi connectivity index (χ1n) is 6.83. The van der Waals surface area contributed by atoms with Crippen molar-refractivity contribution in [3.05, 3.63) is 45.7 Å². The molecule has 0 bridgehead atoms. The lowest BCUT2D eigenvalue weighted by molar-refractivity contribution is 0.0342. The van der Waals surface area contributed by atoms with E-state index in [9.17, 15) is 9.59 Å². The summed E-state index contributed by atoms with van der Waals surface area (Å²) in [5.74, 6) is -1.21. The van der Waals surface area contributed by atoms with Gasteiger partial charge in [0.05, 0.1) is 13.2 Å². The van der Waals surface area contributed by atoms with Crippen LogP contribution < -0.4 is 5.43 Å². The number of pyridine rings is 1. The van der Waals surface area contributed by atoms with E-state index in [1.165, 1.54) is 6.20 Å². The third-order valence-corrected chi connectivity index (χ3v) is 3.69. The molecule has 21 heavy (non-hydrogen) atoms. The molecule has 0 amide bonds. The standard InChI is InChI=1S/C15H16N2O4/c18-14-11-7-10(9-17-3-5-21-6-4-17)1-2-13(11)16-8-12(14)15(19)20/h1-2,7-8H,3-6,9H2,(H,16,18)(H,19,20). The molecular formula is C15H16N2O4. The summed E-state index contributed by atoms with van der Waals surface area (Å²) >= 11 is 0. The molecule has 0 spiro atoms. The first kappa shape index (κ1) is 13.8. The van der Waals surface area contributed by atoms with Crippen LogP contribution in [0.5, 0.6) is 0 Å². The topological polar surface area (TPSA) is 82.6 Å². The smallest absolute Gasteiger partial charge is 0.341 e. The van der Waals surface area contributed by atoms with Crippen LogP contribution in [-0.4, -0.2) is 47.3 Å². The van der Waals surface area contributed by atoms with E-state index in [2.05, 4.69) is 9.88 Å². The van der Waals surface area contributed by atoms with Gasteiger partial charge in [-0.15, -0.1) is 0 Å². The monoisotopic (exact) mass is 288 g/mol. The second-order valence-corrected chi connectivity index (χ2v) is 5.11. The fourth-order valence-corrected chi connectivity index (χ4v) is 2.54. The number of ether oxygens (including phenoxy) is 1. The Hall–Kier alpha value is -2.18. The van der Waals surface area contributed by atoms with E-state index in [-0.39, 0.29) is 5.56 Å². The number of nitrogens with zero attached hydrogens (tertiary/aromatic N) is 1. The van der Waals surface area contributed by atoms with Crippen LogP contribution in [0.2, 0.25) is 0 Å². The fourth-order valence-electron chi connectivity index (χ4n) is 2.54. The number of benzene rings is 1. The van der Waals surface area contributed by atoms with E-state index in [4.69, 9.17) is 9.84 Å². The Kier molecular flexibility index (Phi) is 3.72. The van der Waals surface area contributed by atoms with Crippen LogP contribution in [0.3, 0.4) is 0 Å². The first-order chi connectivity index (χ1) is 10.1. The number of aromatic carboxylic acids is 1. The summed E-state index contributed by atoms with van der Waals surface area (Å²) in [6, 6.07) is 5.54. The predicted molar refractivity (Wildman–Crippen MR) is 77.6 cm³/mol. The van der Waals surface area contributed by atoms with Crippen molar-refractivity contribution in [1.29, 1.82) is 0 Å². The summed E-state index contributed by atoms with van der Waals surface area (Å²) in [5, 5.41) is 9.43. The average Bonchev–Trinajstić information content (AvgIpc) is 2.49. The highest BCUT2D eigenvalue weighted by Crippen LogP contribution is 2.14. The number of H-pyrrole nitrogens is 1. The minimum Gasteiger partial charge on any atom is -0.477 e. The highest BCUT2D eigenvalue weighted by Gasteiger charge is 2.14. The van der Waals surface area contributed by atoms with Crippen LogP contribution in [-0.2, 0) is 11.3 Å². The molecule has 0 aliphatic carbocycles. The molecule has 1 fully saturated rings. The Morgan fingerprint density at radius 3 is 2.81 bits per heavy atom. The van der Waals surface area contributed by atoms with Gasteiger partial charge in [-0.2, -0.15) is 0 Å². The number of morpholine rings is 1. The molecule has 1 aliphatic heterocycles. The molecule has 0 unspecified atom stereocenters. The molecule has 3 rings (SSSR count). The van der Waals surface area contributed by atoms with Crippen LogP contribution >= 0.6 is 0 Å². The number of carboxylic acid groups (broad SMARTS) is 1. The van der Waals surface area contributed by atoms with Gasteiger partial charge in [-0.05, 0) is 17.7 Å². The minimum absolute atomic E-state index is 0.231. The maximum absolute atomic E-state index is 12.2. The van der Waals surface area contributed by atoms with Crippen molar-refractivity contribution < 1.29 is 14.6 Å². The molecule has 2 aromatic rings. The number of hydrogen-bond acceptors (Lipinski definition) is 4. The van der Waals surface area contributed by atoms with Crippen molar-refractivity contribution in [2.24, 2.45) is 0 Å². The fraction of sp³-hybridized carbons (Fsp3) is 0.333. The molecule has 1 saturated heterocycles. The average molecular weight is 288 g/mol. The van der Waals surface area contributed by atoms with Gasteiger partial charge in [-0.3, -0.25) is 9.69 Å². The summed E-state index contributed by atoms with van der Waals surface area (Å²) in [7, 11) is 0. The largest absolute Gasteiger partial charge is 0.477 e. The van der Waals surface area contributed by atoms with Gasteiger partial charge in [0.2, 0.25) is 5.43 Å². The molecule has 0 atom stereocenters. The van der Waals surface area contributed by atoms with E-state index in [0.717, 1.165) is 38.4 Å². The van der Waals surface area contributed by atoms with Crippen molar-refractivity contribution in [3.63, 3.8) is 0 Å². The van der Waals surface area contributed by atoms with Crippen LogP contribution in [0.4, 0.5) is 0 Å². The normalized spacial score (nSPS) is 16.2. The zero-order valence-corrected chi connectivity index (χ0v) is 11.5. The van der Waals surface area contributed by atoms with Crippen LogP contribution in [0.1, 0.15) is 15.9 Å². The molecule has 6 heteroatoms. The molecule has 0 radical (unpaired) electrons. The van der Waals surface area contributed by atoms with Crippen LogP contribution in [0.15, 0.2) is 29.2 Å². The molecule has 1 aliphatic rings. The zero-order chi connectivity index (χ0) is 14.8. The lowest BCUT2D eigenvalue weighted by Gasteiger charge is -2.26. The second kappa shape index (κ2) is 5.67. The lowest BCUT2D eigenvalue weighted by atomic mass is 10.1. The van der Waals surface area contributed by atoms with Crippen molar-refractivity contribution >= 4 is 16.9 Å². The summed E-state index contributed by atoms with van der Waals surface area (Å²) in [6.07, 6.45) is 1.24. The Morgan fingerprint density at radius 1 is 1.33 bits per heavy atom. The number of aromatic nitrogens is 1. The van der Waals surface area contributed by atoms with Crippen molar-refractivity contribution in [3.8, 4) is 0 Å². The van der Waals surface area contributed by atoms with E-state index < -0.39 is 11.4 Å². The van der Waals surface area contributed by atoms with Gasteiger partial charge < -0.3 is 14.8 Å². The summed E-state index contributed by atoms with van der Waals surface area (Å²) < 4.78 is 5.31. The number of rotatable bonds is 3. The molecule has 1 aromatic heterocycles. The summed E-state index contributed by atoms with van der Waals surface area (Å²) in [4.78, 5) is 28.3. The van der Waals surface area contributed by atoms with E-state index in [0.29, 0.717) is 10.9 Å². The Bertz CT molecular complexity index is 732. The quantitative estimate of drug-likeness (QED) is 0.882. The van der Waals surface area contributed by atoms with Crippen molar-refractivity contribution in [2.75, 3.05) is 26.3 Å². The van der Waals surface area contributed by atoms with Crippen molar-refractivity contribution in [1.82, 2.24) is 9.88 Å². The second-order valence-electron chi connectivity index (χ2n) is 5.11. The minimum atomic E-state index is -1.21. The van der Waals surface area contributed by atoms with Gasteiger partial charge in [0.1, 0.15) is 5.56 Å². The number of nitrogens with one attached hydrogen (secondary N) is 1. The third kappa shape index (κ3) is 2.81. The molecule has 1 aromatic carbocycles. The van der Waals surface area contributed by atoms with Gasteiger partial charge in [-0.25, -0.2) is 4.79 Å². The Balaban J connectivity index is 1.96. The van der Waals surface area contributed by atoms with Gasteiger partial charge in [0.25, 0.3) is 0 Å². The van der Waals surface area contributed by atoms with Gasteiger partial charge in [0, 0.05) is 36.7 Å². The van der Waals surface area contributed by atoms with Crippen LogP contribution in [0.25, 0.3) is 10.9 Å². The molecule has 0 saturated carbocycles. The Labute approximate surface area is 121 Å². The first-order valence-corrected chi connectivity index (χ1v) is 6.83. The molecule has 2 heterocycles.